The van der Waals surface area contributed by atoms with Crippen LogP contribution in [0.25, 0.3) is 0 Å². The van der Waals surface area contributed by atoms with Crippen molar-refractivity contribution in [3.05, 3.63) is 24.5 Å². The molecule has 1 aromatic heterocycles. The summed E-state index contributed by atoms with van der Waals surface area (Å²) in [6.45, 7) is 2.93. The molecule has 176 valence electrons. The molecule has 0 aliphatic carbocycles. The minimum Gasteiger partial charge on any atom is -0.475 e. The van der Waals surface area contributed by atoms with E-state index in [1.54, 1.807) is 6.20 Å². The van der Waals surface area contributed by atoms with Gasteiger partial charge < -0.3 is 25.6 Å². The van der Waals surface area contributed by atoms with Crippen molar-refractivity contribution in [2.75, 3.05) is 25.0 Å². The monoisotopic (exact) mass is 461 g/mol. The van der Waals surface area contributed by atoms with Gasteiger partial charge in [-0.15, -0.1) is 0 Å². The minimum absolute atomic E-state index is 0.0815. The van der Waals surface area contributed by atoms with Crippen molar-refractivity contribution in [3.8, 4) is 0 Å². The largest absolute Gasteiger partial charge is 0.490 e. The molecule has 1 aromatic rings. The van der Waals surface area contributed by atoms with Gasteiger partial charge in [0.1, 0.15) is 0 Å². The second kappa shape index (κ2) is 11.1. The van der Waals surface area contributed by atoms with Gasteiger partial charge in [-0.25, -0.2) is 9.59 Å². The van der Waals surface area contributed by atoms with E-state index in [0.717, 1.165) is 31.8 Å². The van der Waals surface area contributed by atoms with Crippen molar-refractivity contribution in [1.82, 2.24) is 10.3 Å². The zero-order valence-electron chi connectivity index (χ0n) is 16.0. The van der Waals surface area contributed by atoms with Gasteiger partial charge in [0.15, 0.2) is 0 Å². The Kier molecular flexibility index (Phi) is 9.49. The number of pyridine rings is 1. The summed E-state index contributed by atoms with van der Waals surface area (Å²) in [7, 11) is 0. The van der Waals surface area contributed by atoms with E-state index in [1.165, 1.54) is 12.8 Å². The van der Waals surface area contributed by atoms with Crippen LogP contribution in [0.5, 0.6) is 0 Å². The lowest BCUT2D eigenvalue weighted by atomic mass is 9.90. The normalized spacial score (nSPS) is 23.1. The molecule has 14 heteroatoms. The number of carboxylic acids is 2. The van der Waals surface area contributed by atoms with Gasteiger partial charge in [-0.05, 0) is 37.9 Å². The summed E-state index contributed by atoms with van der Waals surface area (Å²) in [5.74, 6) is -5.51. The summed E-state index contributed by atoms with van der Waals surface area (Å²) in [4.78, 5) is 21.9. The van der Waals surface area contributed by atoms with Crippen molar-refractivity contribution < 1.29 is 50.9 Å². The molecule has 2 aliphatic rings. The summed E-state index contributed by atoms with van der Waals surface area (Å²) in [5.41, 5.74) is 1.17. The number of rotatable bonds is 2. The first-order valence-corrected chi connectivity index (χ1v) is 8.87. The van der Waals surface area contributed by atoms with E-state index in [4.69, 9.17) is 24.5 Å². The molecule has 2 saturated heterocycles. The smallest absolute Gasteiger partial charge is 0.475 e. The van der Waals surface area contributed by atoms with E-state index < -0.39 is 24.3 Å². The van der Waals surface area contributed by atoms with Gasteiger partial charge in [0.05, 0.1) is 23.9 Å². The number of anilines is 1. The molecule has 3 rings (SSSR count). The third-order valence-corrected chi connectivity index (χ3v) is 4.16. The van der Waals surface area contributed by atoms with Crippen LogP contribution in [0.4, 0.5) is 32.0 Å². The Morgan fingerprint density at radius 2 is 1.74 bits per heavy atom. The second-order valence-corrected chi connectivity index (χ2v) is 6.67. The Hall–Kier alpha value is -2.61. The maximum absolute atomic E-state index is 10.6. The predicted molar refractivity (Wildman–Crippen MR) is 94.4 cm³/mol. The molecular formula is C17H21F6N3O5. The van der Waals surface area contributed by atoms with Crippen molar-refractivity contribution in [2.45, 2.75) is 43.3 Å². The first kappa shape index (κ1) is 26.4. The zero-order valence-corrected chi connectivity index (χ0v) is 16.0. The van der Waals surface area contributed by atoms with E-state index in [0.29, 0.717) is 6.04 Å². The van der Waals surface area contributed by atoms with Gasteiger partial charge in [-0.3, -0.25) is 4.98 Å². The van der Waals surface area contributed by atoms with Crippen molar-refractivity contribution in [3.63, 3.8) is 0 Å². The summed E-state index contributed by atoms with van der Waals surface area (Å²) < 4.78 is 69.5. The maximum atomic E-state index is 10.6. The van der Waals surface area contributed by atoms with Crippen LogP contribution < -0.4 is 10.6 Å². The molecule has 0 radical (unpaired) electrons. The molecule has 8 nitrogen and oxygen atoms in total. The van der Waals surface area contributed by atoms with E-state index in [1.807, 2.05) is 12.3 Å². The highest BCUT2D eigenvalue weighted by Gasteiger charge is 2.41. The first-order chi connectivity index (χ1) is 14.3. The van der Waals surface area contributed by atoms with Gasteiger partial charge in [0.25, 0.3) is 0 Å². The number of carboxylic acid groups (broad SMARTS) is 2. The number of piperidine rings is 1. The number of hydrogen-bond acceptors (Lipinski definition) is 6. The molecule has 3 heterocycles. The van der Waals surface area contributed by atoms with Crippen LogP contribution in [-0.4, -0.2) is 70.8 Å². The fourth-order valence-corrected chi connectivity index (χ4v) is 2.86. The van der Waals surface area contributed by atoms with Crippen LogP contribution >= 0.6 is 0 Å². The van der Waals surface area contributed by atoms with E-state index in [-0.39, 0.29) is 5.60 Å². The Morgan fingerprint density at radius 3 is 2.16 bits per heavy atom. The van der Waals surface area contributed by atoms with E-state index in [9.17, 15) is 26.3 Å². The molecular weight excluding hydrogens is 440 g/mol. The van der Waals surface area contributed by atoms with Crippen LogP contribution in [0.2, 0.25) is 0 Å². The first-order valence-electron chi connectivity index (χ1n) is 8.87. The maximum Gasteiger partial charge on any atom is 0.490 e. The Morgan fingerprint density at radius 1 is 1.16 bits per heavy atom. The molecule has 31 heavy (non-hydrogen) atoms. The third-order valence-electron chi connectivity index (χ3n) is 4.16. The average Bonchev–Trinajstić information content (AvgIpc) is 3.04. The summed E-state index contributed by atoms with van der Waals surface area (Å²) in [5, 5.41) is 21.2. The van der Waals surface area contributed by atoms with E-state index in [2.05, 4.69) is 21.7 Å². The number of halogens is 6. The lowest BCUT2D eigenvalue weighted by Gasteiger charge is -2.33. The van der Waals surface area contributed by atoms with Crippen LogP contribution in [-0.2, 0) is 14.3 Å². The van der Waals surface area contributed by atoms with Gasteiger partial charge in [0.2, 0.25) is 0 Å². The van der Waals surface area contributed by atoms with Gasteiger partial charge in [-0.2, -0.15) is 26.3 Å². The fourth-order valence-electron chi connectivity index (χ4n) is 2.86. The minimum atomic E-state index is -5.08. The molecule has 0 aromatic carbocycles. The highest BCUT2D eigenvalue weighted by molar-refractivity contribution is 5.73. The molecule has 0 saturated carbocycles. The zero-order chi connectivity index (χ0) is 23.7. The van der Waals surface area contributed by atoms with Crippen LogP contribution in [0, 0.1) is 0 Å². The lowest BCUT2D eigenvalue weighted by molar-refractivity contribution is -0.193. The topological polar surface area (TPSA) is 121 Å². The SMILES string of the molecule is O=C(O)C(F)(F)F.O=C(O)C(F)(F)F.c1cncc(NC2COC3(CCCNC3)C2)c1. The molecule has 0 bridgehead atoms. The molecule has 4 N–H and O–H groups in total. The molecule has 1 spiro atoms. The molecule has 2 unspecified atom stereocenters. The van der Waals surface area contributed by atoms with Crippen molar-refractivity contribution >= 4 is 17.6 Å². The van der Waals surface area contributed by atoms with Crippen molar-refractivity contribution in [1.29, 1.82) is 0 Å². The highest BCUT2D eigenvalue weighted by atomic mass is 19.4. The standard InChI is InChI=1S/C13H19N3O.2C2HF3O2/c1-3-11(8-14-5-1)16-12-7-13(17-9-12)4-2-6-15-10-13;2*3-2(4,5)1(6)7/h1,3,5,8,12,15-16H,2,4,6-7,9-10H2;2*(H,6,7). The Labute approximate surface area is 172 Å². The molecule has 2 atom stereocenters. The second-order valence-electron chi connectivity index (χ2n) is 6.67. The molecule has 2 fully saturated rings. The lowest BCUT2D eigenvalue weighted by Crippen LogP contribution is -2.45. The number of ether oxygens (including phenoxy) is 1. The average molecular weight is 461 g/mol. The Balaban J connectivity index is 0.000000288. The van der Waals surface area contributed by atoms with Crippen LogP contribution in [0.15, 0.2) is 24.5 Å². The van der Waals surface area contributed by atoms with Gasteiger partial charge >= 0.3 is 24.3 Å². The number of nitrogens with zero attached hydrogens (tertiary/aromatic N) is 1. The Bertz CT molecular complexity index is 684. The summed E-state index contributed by atoms with van der Waals surface area (Å²) >= 11 is 0. The quantitative estimate of drug-likeness (QED) is 0.497. The number of hydrogen-bond donors (Lipinski definition) is 4. The number of nitrogens with one attached hydrogen (secondary N) is 2. The highest BCUT2D eigenvalue weighted by Crippen LogP contribution is 2.33. The van der Waals surface area contributed by atoms with Crippen molar-refractivity contribution in [2.24, 2.45) is 0 Å². The third kappa shape index (κ3) is 9.83. The number of carbonyl (C=O) groups is 2. The van der Waals surface area contributed by atoms with E-state index >= 15 is 0 Å². The predicted octanol–water partition coefficient (Wildman–Crippen LogP) is 2.67. The number of aliphatic carboxylic acids is 2. The fraction of sp³-hybridized carbons (Fsp3) is 0.588. The van der Waals surface area contributed by atoms with Crippen LogP contribution in [0.1, 0.15) is 19.3 Å². The molecule has 2 aliphatic heterocycles. The number of alkyl halides is 6. The summed E-state index contributed by atoms with van der Waals surface area (Å²) in [6.07, 6.45) is -3.01. The van der Waals surface area contributed by atoms with Gasteiger partial charge in [0, 0.05) is 18.9 Å². The molecule has 0 amide bonds. The summed E-state index contributed by atoms with van der Waals surface area (Å²) in [6, 6.07) is 4.42. The van der Waals surface area contributed by atoms with Gasteiger partial charge in [-0.1, -0.05) is 0 Å². The number of aromatic nitrogens is 1. The van der Waals surface area contributed by atoms with Crippen LogP contribution in [0.3, 0.4) is 0 Å².